The summed E-state index contributed by atoms with van der Waals surface area (Å²) in [5, 5.41) is 2.81. The number of ether oxygens (including phenoxy) is 1. The molecule has 0 saturated heterocycles. The van der Waals surface area contributed by atoms with Crippen LogP contribution in [0.2, 0.25) is 0 Å². The summed E-state index contributed by atoms with van der Waals surface area (Å²) in [6.07, 6.45) is 0. The molecule has 0 aromatic carbocycles. The number of carbonyl (C=O) groups excluding carboxylic acids is 1. The Morgan fingerprint density at radius 1 is 1.25 bits per heavy atom. The number of anilines is 1. The molecule has 0 aliphatic carbocycles. The molecule has 0 bridgehead atoms. The SMILES string of the molecule is COc1nc(C)c(NC(=O)C(C)C)c(C)n1. The van der Waals surface area contributed by atoms with Gasteiger partial charge in [-0.05, 0) is 13.8 Å². The summed E-state index contributed by atoms with van der Waals surface area (Å²) >= 11 is 0. The van der Waals surface area contributed by atoms with E-state index >= 15 is 0 Å². The van der Waals surface area contributed by atoms with E-state index in [0.29, 0.717) is 23.1 Å². The third kappa shape index (κ3) is 2.68. The van der Waals surface area contributed by atoms with Gasteiger partial charge < -0.3 is 10.1 Å². The molecule has 1 N–H and O–H groups in total. The van der Waals surface area contributed by atoms with Gasteiger partial charge in [-0.25, -0.2) is 0 Å². The van der Waals surface area contributed by atoms with Gasteiger partial charge in [0.05, 0.1) is 24.2 Å². The smallest absolute Gasteiger partial charge is 0.316 e. The Balaban J connectivity index is 3.01. The third-order valence-electron chi connectivity index (χ3n) is 2.21. The molecule has 1 rings (SSSR count). The predicted octanol–water partition coefficient (Wildman–Crippen LogP) is 1.70. The Morgan fingerprint density at radius 3 is 2.12 bits per heavy atom. The lowest BCUT2D eigenvalue weighted by molar-refractivity contribution is -0.118. The van der Waals surface area contributed by atoms with Gasteiger partial charge in [-0.1, -0.05) is 13.8 Å². The molecule has 1 aromatic rings. The highest BCUT2D eigenvalue weighted by Gasteiger charge is 2.13. The lowest BCUT2D eigenvalue weighted by Crippen LogP contribution is -2.20. The summed E-state index contributed by atoms with van der Waals surface area (Å²) in [6.45, 7) is 7.30. The molecule has 0 radical (unpaired) electrons. The first kappa shape index (κ1) is 12.4. The second-order valence-electron chi connectivity index (χ2n) is 3.90. The topological polar surface area (TPSA) is 64.1 Å². The zero-order valence-corrected chi connectivity index (χ0v) is 10.3. The van der Waals surface area contributed by atoms with Gasteiger partial charge in [0.1, 0.15) is 0 Å². The maximum absolute atomic E-state index is 11.6. The monoisotopic (exact) mass is 223 g/mol. The summed E-state index contributed by atoms with van der Waals surface area (Å²) in [4.78, 5) is 19.8. The van der Waals surface area contributed by atoms with E-state index in [-0.39, 0.29) is 11.8 Å². The summed E-state index contributed by atoms with van der Waals surface area (Å²) in [5.41, 5.74) is 2.08. The summed E-state index contributed by atoms with van der Waals surface area (Å²) < 4.78 is 4.95. The number of hydrogen-bond acceptors (Lipinski definition) is 4. The molecule has 88 valence electrons. The molecule has 0 fully saturated rings. The minimum absolute atomic E-state index is 0.0417. The van der Waals surface area contributed by atoms with Crippen LogP contribution < -0.4 is 10.1 Å². The summed E-state index contributed by atoms with van der Waals surface area (Å²) in [6, 6.07) is 0.317. The van der Waals surface area contributed by atoms with E-state index in [2.05, 4.69) is 15.3 Å². The molecule has 0 aliphatic heterocycles. The zero-order valence-electron chi connectivity index (χ0n) is 10.3. The first-order chi connectivity index (χ1) is 7.45. The van der Waals surface area contributed by atoms with Crippen molar-refractivity contribution >= 4 is 11.6 Å². The Labute approximate surface area is 95.3 Å². The predicted molar refractivity (Wildman–Crippen MR) is 61.5 cm³/mol. The van der Waals surface area contributed by atoms with Gasteiger partial charge in [0.25, 0.3) is 0 Å². The Hall–Kier alpha value is -1.65. The summed E-state index contributed by atoms with van der Waals surface area (Å²) in [5.74, 6) is -0.110. The van der Waals surface area contributed by atoms with Gasteiger partial charge in [-0.3, -0.25) is 4.79 Å². The van der Waals surface area contributed by atoms with E-state index in [1.54, 1.807) is 0 Å². The fourth-order valence-electron chi connectivity index (χ4n) is 1.23. The van der Waals surface area contributed by atoms with E-state index in [0.717, 1.165) is 0 Å². The molecular formula is C11H17N3O2. The van der Waals surface area contributed by atoms with Crippen molar-refractivity contribution in [3.05, 3.63) is 11.4 Å². The molecule has 1 aromatic heterocycles. The van der Waals surface area contributed by atoms with Crippen molar-refractivity contribution in [3.8, 4) is 6.01 Å². The molecule has 0 saturated carbocycles. The highest BCUT2D eigenvalue weighted by molar-refractivity contribution is 5.93. The highest BCUT2D eigenvalue weighted by Crippen LogP contribution is 2.19. The molecule has 1 amide bonds. The second-order valence-corrected chi connectivity index (χ2v) is 3.90. The molecule has 1 heterocycles. The maximum atomic E-state index is 11.6. The number of aromatic nitrogens is 2. The number of nitrogens with zero attached hydrogens (tertiary/aromatic N) is 2. The lowest BCUT2D eigenvalue weighted by atomic mass is 10.2. The van der Waals surface area contributed by atoms with Crippen molar-refractivity contribution in [2.75, 3.05) is 12.4 Å². The average molecular weight is 223 g/mol. The average Bonchev–Trinajstić information content (AvgIpc) is 2.22. The van der Waals surface area contributed by atoms with Crippen LogP contribution in [0.4, 0.5) is 5.69 Å². The number of nitrogens with one attached hydrogen (secondary N) is 1. The van der Waals surface area contributed by atoms with Crippen molar-refractivity contribution in [2.24, 2.45) is 5.92 Å². The van der Waals surface area contributed by atoms with E-state index in [1.165, 1.54) is 7.11 Å². The van der Waals surface area contributed by atoms with Gasteiger partial charge in [0.15, 0.2) is 0 Å². The van der Waals surface area contributed by atoms with Gasteiger partial charge in [-0.2, -0.15) is 9.97 Å². The van der Waals surface area contributed by atoms with E-state index in [4.69, 9.17) is 4.74 Å². The molecule has 0 unspecified atom stereocenters. The van der Waals surface area contributed by atoms with Crippen molar-refractivity contribution in [1.29, 1.82) is 0 Å². The Bertz CT molecular complexity index is 379. The molecule has 0 aliphatic rings. The molecular weight excluding hydrogens is 206 g/mol. The minimum Gasteiger partial charge on any atom is -0.467 e. The number of carbonyl (C=O) groups is 1. The number of amides is 1. The van der Waals surface area contributed by atoms with Crippen LogP contribution >= 0.6 is 0 Å². The molecule has 5 heteroatoms. The van der Waals surface area contributed by atoms with Crippen molar-refractivity contribution < 1.29 is 9.53 Å². The van der Waals surface area contributed by atoms with E-state index in [9.17, 15) is 4.79 Å². The first-order valence-corrected chi connectivity index (χ1v) is 5.15. The quantitative estimate of drug-likeness (QED) is 0.847. The number of hydrogen-bond donors (Lipinski definition) is 1. The lowest BCUT2D eigenvalue weighted by Gasteiger charge is -2.12. The molecule has 0 spiro atoms. The normalized spacial score (nSPS) is 10.4. The van der Waals surface area contributed by atoms with Gasteiger partial charge >= 0.3 is 6.01 Å². The zero-order chi connectivity index (χ0) is 12.3. The summed E-state index contributed by atoms with van der Waals surface area (Å²) in [7, 11) is 1.51. The van der Waals surface area contributed by atoms with Crippen molar-refractivity contribution in [2.45, 2.75) is 27.7 Å². The van der Waals surface area contributed by atoms with Crippen LogP contribution in [0, 0.1) is 19.8 Å². The molecule has 5 nitrogen and oxygen atoms in total. The standard InChI is InChI=1S/C11H17N3O2/c1-6(2)10(15)14-9-7(3)12-11(16-5)13-8(9)4/h6H,1-5H3,(H,14,15). The fraction of sp³-hybridized carbons (Fsp3) is 0.545. The number of rotatable bonds is 3. The van der Waals surface area contributed by atoms with Crippen LogP contribution in [-0.4, -0.2) is 23.0 Å². The first-order valence-electron chi connectivity index (χ1n) is 5.15. The maximum Gasteiger partial charge on any atom is 0.316 e. The largest absolute Gasteiger partial charge is 0.467 e. The van der Waals surface area contributed by atoms with Crippen molar-refractivity contribution in [1.82, 2.24) is 9.97 Å². The number of methoxy groups -OCH3 is 1. The van der Waals surface area contributed by atoms with Gasteiger partial charge in [-0.15, -0.1) is 0 Å². The van der Waals surface area contributed by atoms with Gasteiger partial charge in [0, 0.05) is 5.92 Å². The van der Waals surface area contributed by atoms with Crippen LogP contribution in [0.15, 0.2) is 0 Å². The van der Waals surface area contributed by atoms with Crippen LogP contribution in [0.25, 0.3) is 0 Å². The third-order valence-corrected chi connectivity index (χ3v) is 2.21. The van der Waals surface area contributed by atoms with Crippen molar-refractivity contribution in [3.63, 3.8) is 0 Å². The van der Waals surface area contributed by atoms with Crippen LogP contribution in [-0.2, 0) is 4.79 Å². The highest BCUT2D eigenvalue weighted by atomic mass is 16.5. The molecule has 16 heavy (non-hydrogen) atoms. The van der Waals surface area contributed by atoms with Crippen LogP contribution in [0.3, 0.4) is 0 Å². The Morgan fingerprint density at radius 2 is 1.75 bits per heavy atom. The van der Waals surface area contributed by atoms with E-state index < -0.39 is 0 Å². The second kappa shape index (κ2) is 4.92. The molecule has 0 atom stereocenters. The Kier molecular flexibility index (Phi) is 3.82. The van der Waals surface area contributed by atoms with Crippen LogP contribution in [0.5, 0.6) is 6.01 Å². The number of aryl methyl sites for hydroxylation is 2. The minimum atomic E-state index is -0.0686. The van der Waals surface area contributed by atoms with Gasteiger partial charge in [0.2, 0.25) is 5.91 Å². The fourth-order valence-corrected chi connectivity index (χ4v) is 1.23. The van der Waals surface area contributed by atoms with Crippen LogP contribution in [0.1, 0.15) is 25.2 Å². The van der Waals surface area contributed by atoms with E-state index in [1.807, 2.05) is 27.7 Å².